The summed E-state index contributed by atoms with van der Waals surface area (Å²) < 4.78 is 14.6. The number of carbonyl (C=O) groups is 2. The van der Waals surface area contributed by atoms with Gasteiger partial charge in [0.2, 0.25) is 5.95 Å². The van der Waals surface area contributed by atoms with Crippen LogP contribution in [0.1, 0.15) is 47.5 Å². The number of ether oxygens (including phenoxy) is 2. The minimum absolute atomic E-state index is 0.0423. The van der Waals surface area contributed by atoms with E-state index >= 15 is 0 Å². The van der Waals surface area contributed by atoms with Crippen LogP contribution in [0.3, 0.4) is 0 Å². The molecule has 1 fully saturated rings. The number of carbonyl (C=O) groups excluding carboxylic acids is 2. The molecule has 4 rings (SSSR count). The highest BCUT2D eigenvalue weighted by atomic mass is 16.6. The van der Waals surface area contributed by atoms with E-state index in [-0.39, 0.29) is 24.7 Å². The molecule has 11 nitrogen and oxygen atoms in total. The molecule has 0 aromatic carbocycles. The van der Waals surface area contributed by atoms with Crippen molar-refractivity contribution in [1.82, 2.24) is 29.2 Å². The quantitative estimate of drug-likeness (QED) is 0.375. The molecule has 3 atom stereocenters. The number of rotatable bonds is 11. The van der Waals surface area contributed by atoms with E-state index in [9.17, 15) is 9.59 Å². The predicted octanol–water partition coefficient (Wildman–Crippen LogP) is 3.62. The summed E-state index contributed by atoms with van der Waals surface area (Å²) >= 11 is 0. The highest BCUT2D eigenvalue weighted by Gasteiger charge is 2.37. The molecule has 0 bridgehead atoms. The zero-order valence-corrected chi connectivity index (χ0v) is 23.1. The zero-order valence-electron chi connectivity index (χ0n) is 23.1. The molecule has 1 aliphatic rings. The fourth-order valence-corrected chi connectivity index (χ4v) is 4.87. The Kier molecular flexibility index (Phi) is 8.65. The fraction of sp³-hybridized carbons (Fsp3) is 0.593. The van der Waals surface area contributed by atoms with Crippen molar-refractivity contribution < 1.29 is 19.1 Å². The van der Waals surface area contributed by atoms with Crippen molar-refractivity contribution in [3.05, 3.63) is 30.9 Å². The van der Waals surface area contributed by atoms with Crippen molar-refractivity contribution in [2.45, 2.75) is 78.8 Å². The fourth-order valence-electron chi connectivity index (χ4n) is 4.87. The smallest absolute Gasteiger partial charge is 0.328 e. The Bertz CT molecular complexity index is 1250. The van der Waals surface area contributed by atoms with Crippen molar-refractivity contribution in [1.29, 1.82) is 0 Å². The van der Waals surface area contributed by atoms with Crippen LogP contribution in [0.4, 0.5) is 11.6 Å². The van der Waals surface area contributed by atoms with E-state index in [1.54, 1.807) is 12.4 Å². The third-order valence-corrected chi connectivity index (χ3v) is 7.01. The normalized spacial score (nSPS) is 18.8. The van der Waals surface area contributed by atoms with Gasteiger partial charge in [0, 0.05) is 43.5 Å². The number of likely N-dealkylation sites (N-methyl/N-ethyl adjacent to an activating group) is 1. The van der Waals surface area contributed by atoms with E-state index in [1.807, 2.05) is 38.1 Å². The van der Waals surface area contributed by atoms with E-state index in [4.69, 9.17) is 14.5 Å². The summed E-state index contributed by atoms with van der Waals surface area (Å²) in [5.41, 5.74) is 1.55. The number of nitrogens with zero attached hydrogens (tertiary/aromatic N) is 6. The van der Waals surface area contributed by atoms with Gasteiger partial charge in [-0.1, -0.05) is 27.2 Å². The molecule has 3 aromatic heterocycles. The van der Waals surface area contributed by atoms with Crippen LogP contribution >= 0.6 is 0 Å². The lowest BCUT2D eigenvalue weighted by atomic mass is 9.93. The van der Waals surface area contributed by atoms with Crippen LogP contribution in [0.5, 0.6) is 0 Å². The minimum atomic E-state index is -0.415. The van der Waals surface area contributed by atoms with E-state index in [2.05, 4.69) is 46.9 Å². The van der Waals surface area contributed by atoms with E-state index in [1.165, 1.54) is 4.68 Å². The van der Waals surface area contributed by atoms with Gasteiger partial charge in [0.15, 0.2) is 0 Å². The number of hydrogen-bond acceptors (Lipinski definition) is 9. The summed E-state index contributed by atoms with van der Waals surface area (Å²) in [5, 5.41) is 8.44. The predicted molar refractivity (Wildman–Crippen MR) is 144 cm³/mol. The largest absolute Gasteiger partial charge is 0.462 e. The molecule has 11 heteroatoms. The third kappa shape index (κ3) is 6.69. The summed E-state index contributed by atoms with van der Waals surface area (Å²) in [6.07, 6.45) is 8.17. The van der Waals surface area contributed by atoms with Gasteiger partial charge in [-0.15, -0.1) is 0 Å². The molecule has 0 saturated carbocycles. The molecule has 1 aliphatic heterocycles. The van der Waals surface area contributed by atoms with Crippen LogP contribution < -0.4 is 5.32 Å². The van der Waals surface area contributed by atoms with Crippen LogP contribution in [-0.4, -0.2) is 73.0 Å². The first-order valence-electron chi connectivity index (χ1n) is 13.3. The lowest BCUT2D eigenvalue weighted by Gasteiger charge is -2.20. The average Bonchev–Trinajstić information content (AvgIpc) is 3.55. The van der Waals surface area contributed by atoms with Gasteiger partial charge in [-0.2, -0.15) is 10.1 Å². The number of fused-ring (bicyclic) bond motifs is 1. The van der Waals surface area contributed by atoms with Crippen molar-refractivity contribution in [2.75, 3.05) is 18.9 Å². The number of likely N-dealkylation sites (tertiary alicyclic amines) is 1. The first-order valence-corrected chi connectivity index (χ1v) is 13.3. The molecule has 38 heavy (non-hydrogen) atoms. The van der Waals surface area contributed by atoms with Crippen LogP contribution in [0, 0.1) is 11.8 Å². The number of nitrogens with one attached hydrogen (secondary N) is 1. The van der Waals surface area contributed by atoms with E-state index in [0.29, 0.717) is 36.4 Å². The number of hydrogen-bond donors (Lipinski definition) is 1. The van der Waals surface area contributed by atoms with Crippen molar-refractivity contribution >= 4 is 34.6 Å². The van der Waals surface area contributed by atoms with Gasteiger partial charge in [-0.25, -0.2) is 4.98 Å². The van der Waals surface area contributed by atoms with Crippen molar-refractivity contribution in [3.63, 3.8) is 0 Å². The van der Waals surface area contributed by atoms with Gasteiger partial charge in [0.25, 0.3) is 0 Å². The Labute approximate surface area is 223 Å². The summed E-state index contributed by atoms with van der Waals surface area (Å²) in [4.78, 5) is 35.8. The Morgan fingerprint density at radius 3 is 2.71 bits per heavy atom. The Morgan fingerprint density at radius 2 is 2.00 bits per heavy atom. The second kappa shape index (κ2) is 11.9. The number of anilines is 2. The maximum Gasteiger partial charge on any atom is 0.328 e. The van der Waals surface area contributed by atoms with Crippen molar-refractivity contribution in [3.8, 4) is 0 Å². The van der Waals surface area contributed by atoms with Crippen LogP contribution in [0.25, 0.3) is 11.0 Å². The van der Waals surface area contributed by atoms with Gasteiger partial charge >= 0.3 is 11.9 Å². The van der Waals surface area contributed by atoms with Gasteiger partial charge in [0.1, 0.15) is 24.3 Å². The number of esters is 2. The maximum absolute atomic E-state index is 12.5. The first-order chi connectivity index (χ1) is 18.1. The Hall–Kier alpha value is -3.47. The van der Waals surface area contributed by atoms with E-state index < -0.39 is 12.0 Å². The molecular formula is C27H39N7O4. The molecule has 3 aromatic rings. The minimum Gasteiger partial charge on any atom is -0.462 e. The third-order valence-electron chi connectivity index (χ3n) is 7.01. The standard InChI is InChI=1S/C27H39N7O4/c1-7-19(17(2)3)13-33-9-8-20-11-28-27(31-25(20)33)30-21-12-29-34(14-21)16-24(35)38-22-10-23(32(6)15-22)26(36)37-18(4)5/h8-9,11-12,14,17-19,22-23H,7,10,13,15-16H2,1-6H3,(H,28,30,31)/t19-,22-,23+/m1/s1. The molecule has 0 aliphatic carbocycles. The van der Waals surface area contributed by atoms with Crippen molar-refractivity contribution in [2.24, 2.45) is 11.8 Å². The van der Waals surface area contributed by atoms with Gasteiger partial charge in [0.05, 0.1) is 18.0 Å². The molecule has 4 heterocycles. The summed E-state index contributed by atoms with van der Waals surface area (Å²) in [5.74, 6) is 0.917. The second-order valence-corrected chi connectivity index (χ2v) is 10.7. The molecule has 1 saturated heterocycles. The Balaban J connectivity index is 1.33. The van der Waals surface area contributed by atoms with Crippen LogP contribution in [0.15, 0.2) is 30.9 Å². The van der Waals surface area contributed by atoms with Gasteiger partial charge in [-0.3, -0.25) is 19.2 Å². The molecule has 1 N–H and O–H groups in total. The maximum atomic E-state index is 12.5. The molecule has 0 radical (unpaired) electrons. The molecule has 0 unspecified atom stereocenters. The first kappa shape index (κ1) is 27.6. The van der Waals surface area contributed by atoms with E-state index in [0.717, 1.165) is 24.0 Å². The van der Waals surface area contributed by atoms with Gasteiger partial charge in [-0.05, 0) is 38.8 Å². The molecular weight excluding hydrogens is 486 g/mol. The SMILES string of the molecule is CC[C@H](Cn1ccc2cnc(Nc3cnn(CC(=O)O[C@@H]4C[C@@H](C(=O)OC(C)C)N(C)C4)c3)nc21)C(C)C. The molecule has 0 amide bonds. The summed E-state index contributed by atoms with van der Waals surface area (Å²) in [6, 6.07) is 1.63. The highest BCUT2D eigenvalue weighted by molar-refractivity contribution is 5.77. The lowest BCUT2D eigenvalue weighted by Crippen LogP contribution is -2.35. The molecule has 0 spiro atoms. The lowest BCUT2D eigenvalue weighted by molar-refractivity contribution is -0.153. The van der Waals surface area contributed by atoms with Gasteiger partial charge < -0.3 is 19.4 Å². The van der Waals surface area contributed by atoms with Crippen LogP contribution in [-0.2, 0) is 32.2 Å². The summed E-state index contributed by atoms with van der Waals surface area (Å²) in [7, 11) is 1.83. The average molecular weight is 526 g/mol. The zero-order chi connectivity index (χ0) is 27.4. The number of aromatic nitrogens is 5. The molecule has 206 valence electrons. The topological polar surface area (TPSA) is 116 Å². The summed E-state index contributed by atoms with van der Waals surface area (Å²) in [6.45, 7) is 11.7. The van der Waals surface area contributed by atoms with Crippen LogP contribution in [0.2, 0.25) is 0 Å². The highest BCUT2D eigenvalue weighted by Crippen LogP contribution is 2.23. The second-order valence-electron chi connectivity index (χ2n) is 10.7. The monoisotopic (exact) mass is 525 g/mol. The Morgan fingerprint density at radius 1 is 1.21 bits per heavy atom.